The van der Waals surface area contributed by atoms with E-state index < -0.39 is 11.8 Å². The first-order valence-electron chi connectivity index (χ1n) is 4.37. The Morgan fingerprint density at radius 3 is 2.64 bits per heavy atom. The van der Waals surface area contributed by atoms with E-state index in [2.05, 4.69) is 0 Å². The van der Waals surface area contributed by atoms with Gasteiger partial charge < -0.3 is 15.9 Å². The fraction of sp³-hybridized carbons (Fsp3) is 0.300. The number of aromatic hydroxyl groups is 2. The van der Waals surface area contributed by atoms with Gasteiger partial charge in [0.05, 0.1) is 5.92 Å². The van der Waals surface area contributed by atoms with E-state index in [4.69, 9.17) is 5.73 Å². The first-order valence-corrected chi connectivity index (χ1v) is 4.37. The first kappa shape index (κ1) is 10.4. The van der Waals surface area contributed by atoms with Crippen molar-refractivity contribution in [2.75, 3.05) is 0 Å². The quantitative estimate of drug-likeness (QED) is 0.631. The highest BCUT2D eigenvalue weighted by molar-refractivity contribution is 5.82. The molecule has 4 N–H and O–H groups in total. The smallest absolute Gasteiger partial charge is 0.225 e. The molecule has 1 atom stereocenters. The lowest BCUT2D eigenvalue weighted by Gasteiger charge is -2.12. The molecule has 0 saturated heterocycles. The summed E-state index contributed by atoms with van der Waals surface area (Å²) < 4.78 is 0. The van der Waals surface area contributed by atoms with Gasteiger partial charge in [-0.15, -0.1) is 0 Å². The number of phenolic OH excluding ortho intramolecular Hbond substituents is 2. The lowest BCUT2D eigenvalue weighted by Crippen LogP contribution is -2.20. The summed E-state index contributed by atoms with van der Waals surface area (Å²) in [6.07, 6.45) is 0.492. The highest BCUT2D eigenvalue weighted by Crippen LogP contribution is 2.30. The SMILES string of the molecule is CCC(C(N)=O)c1cc(O)ccc1O. The van der Waals surface area contributed by atoms with Gasteiger partial charge >= 0.3 is 0 Å². The van der Waals surface area contributed by atoms with Crippen molar-refractivity contribution in [1.29, 1.82) is 0 Å². The van der Waals surface area contributed by atoms with Crippen molar-refractivity contribution >= 4 is 5.91 Å². The molecule has 0 aliphatic heterocycles. The van der Waals surface area contributed by atoms with Crippen molar-refractivity contribution in [1.82, 2.24) is 0 Å². The third kappa shape index (κ3) is 1.96. The predicted octanol–water partition coefficient (Wildman–Crippen LogP) is 1.08. The zero-order valence-electron chi connectivity index (χ0n) is 7.90. The third-order valence-electron chi connectivity index (χ3n) is 2.14. The molecule has 14 heavy (non-hydrogen) atoms. The van der Waals surface area contributed by atoms with Crippen molar-refractivity contribution < 1.29 is 15.0 Å². The van der Waals surface area contributed by atoms with Crippen LogP contribution in [0.5, 0.6) is 11.5 Å². The number of carbonyl (C=O) groups excluding carboxylic acids is 1. The summed E-state index contributed by atoms with van der Waals surface area (Å²) in [4.78, 5) is 11.0. The number of amides is 1. The minimum atomic E-state index is -0.554. The van der Waals surface area contributed by atoms with Crippen molar-refractivity contribution in [2.45, 2.75) is 19.3 Å². The molecular weight excluding hydrogens is 182 g/mol. The average molecular weight is 195 g/mol. The highest BCUT2D eigenvalue weighted by Gasteiger charge is 2.19. The average Bonchev–Trinajstić information content (AvgIpc) is 2.11. The lowest BCUT2D eigenvalue weighted by molar-refractivity contribution is -0.119. The molecule has 0 aromatic heterocycles. The summed E-state index contributed by atoms with van der Waals surface area (Å²) in [5.74, 6) is -1.07. The summed E-state index contributed by atoms with van der Waals surface area (Å²) in [5.41, 5.74) is 5.54. The molecule has 0 aliphatic rings. The zero-order valence-corrected chi connectivity index (χ0v) is 7.90. The first-order chi connectivity index (χ1) is 6.56. The van der Waals surface area contributed by atoms with E-state index in [0.29, 0.717) is 12.0 Å². The molecule has 0 radical (unpaired) electrons. The predicted molar refractivity (Wildman–Crippen MR) is 52.0 cm³/mol. The Balaban J connectivity index is 3.15. The number of rotatable bonds is 3. The van der Waals surface area contributed by atoms with Gasteiger partial charge in [0, 0.05) is 5.56 Å². The molecule has 1 unspecified atom stereocenters. The van der Waals surface area contributed by atoms with Crippen LogP contribution in [0, 0.1) is 0 Å². The van der Waals surface area contributed by atoms with E-state index >= 15 is 0 Å². The normalized spacial score (nSPS) is 12.4. The van der Waals surface area contributed by atoms with Crippen molar-refractivity contribution in [3.8, 4) is 11.5 Å². The summed E-state index contributed by atoms with van der Waals surface area (Å²) >= 11 is 0. The summed E-state index contributed by atoms with van der Waals surface area (Å²) in [6.45, 7) is 1.79. The maximum Gasteiger partial charge on any atom is 0.225 e. The van der Waals surface area contributed by atoms with Crippen LogP contribution in [0.1, 0.15) is 24.8 Å². The number of phenols is 2. The molecule has 0 fully saturated rings. The highest BCUT2D eigenvalue weighted by atomic mass is 16.3. The molecule has 4 heteroatoms. The van der Waals surface area contributed by atoms with Gasteiger partial charge in [-0.1, -0.05) is 6.92 Å². The largest absolute Gasteiger partial charge is 0.508 e. The summed E-state index contributed by atoms with van der Waals surface area (Å²) in [5, 5.41) is 18.7. The van der Waals surface area contributed by atoms with Crippen molar-refractivity contribution in [2.24, 2.45) is 5.73 Å². The fourth-order valence-corrected chi connectivity index (χ4v) is 1.40. The molecule has 0 saturated carbocycles. The van der Waals surface area contributed by atoms with E-state index in [0.717, 1.165) is 0 Å². The maximum absolute atomic E-state index is 11.0. The van der Waals surface area contributed by atoms with Crippen molar-refractivity contribution in [3.05, 3.63) is 23.8 Å². The lowest BCUT2D eigenvalue weighted by atomic mass is 9.95. The van der Waals surface area contributed by atoms with E-state index in [1.165, 1.54) is 18.2 Å². The fourth-order valence-electron chi connectivity index (χ4n) is 1.40. The molecule has 4 nitrogen and oxygen atoms in total. The van der Waals surface area contributed by atoms with Crippen LogP contribution < -0.4 is 5.73 Å². The van der Waals surface area contributed by atoms with Crippen LogP contribution in [0.2, 0.25) is 0 Å². The van der Waals surface area contributed by atoms with Crippen LogP contribution in [0.15, 0.2) is 18.2 Å². The van der Waals surface area contributed by atoms with Gasteiger partial charge in [-0.2, -0.15) is 0 Å². The van der Waals surface area contributed by atoms with Gasteiger partial charge in [0.1, 0.15) is 11.5 Å². The second-order valence-corrected chi connectivity index (χ2v) is 3.11. The minimum Gasteiger partial charge on any atom is -0.508 e. The Hall–Kier alpha value is -1.71. The van der Waals surface area contributed by atoms with Gasteiger partial charge in [-0.25, -0.2) is 0 Å². The minimum absolute atomic E-state index is 0.0116. The molecule has 1 amide bonds. The van der Waals surface area contributed by atoms with E-state index in [1.54, 1.807) is 6.92 Å². The molecule has 0 bridgehead atoms. The summed E-state index contributed by atoms with van der Waals surface area (Å²) in [6, 6.07) is 4.05. The van der Waals surface area contributed by atoms with Gasteiger partial charge in [0.25, 0.3) is 0 Å². The number of primary amides is 1. The molecule has 76 valence electrons. The number of benzene rings is 1. The van der Waals surface area contributed by atoms with Gasteiger partial charge in [0.2, 0.25) is 5.91 Å². The van der Waals surface area contributed by atoms with Crippen molar-refractivity contribution in [3.63, 3.8) is 0 Å². The molecule has 1 aromatic carbocycles. The Morgan fingerprint density at radius 2 is 2.14 bits per heavy atom. The molecule has 1 aromatic rings. The molecular formula is C10H13NO3. The number of hydrogen-bond donors (Lipinski definition) is 3. The van der Waals surface area contributed by atoms with Gasteiger partial charge in [0.15, 0.2) is 0 Å². The maximum atomic E-state index is 11.0. The van der Waals surface area contributed by atoms with E-state index in [9.17, 15) is 15.0 Å². The second kappa shape index (κ2) is 4.00. The topological polar surface area (TPSA) is 83.6 Å². The monoisotopic (exact) mass is 195 g/mol. The van der Waals surface area contributed by atoms with Crippen LogP contribution in [-0.2, 0) is 4.79 Å². The van der Waals surface area contributed by atoms with Gasteiger partial charge in [-0.05, 0) is 24.6 Å². The Labute approximate surface area is 82.0 Å². The standard InChI is InChI=1S/C10H13NO3/c1-2-7(10(11)14)8-5-6(12)3-4-9(8)13/h3-5,7,12-13H,2H2,1H3,(H2,11,14). The van der Waals surface area contributed by atoms with Crippen LogP contribution >= 0.6 is 0 Å². The third-order valence-corrected chi connectivity index (χ3v) is 2.14. The van der Waals surface area contributed by atoms with Crippen LogP contribution in [0.4, 0.5) is 0 Å². The Bertz CT molecular complexity index is 349. The van der Waals surface area contributed by atoms with Gasteiger partial charge in [-0.3, -0.25) is 4.79 Å². The Kier molecular flexibility index (Phi) is 2.96. The van der Waals surface area contributed by atoms with E-state index in [1.807, 2.05) is 0 Å². The molecule has 0 heterocycles. The summed E-state index contributed by atoms with van der Waals surface area (Å²) in [7, 11) is 0. The molecule has 1 rings (SSSR count). The van der Waals surface area contributed by atoms with E-state index in [-0.39, 0.29) is 11.5 Å². The second-order valence-electron chi connectivity index (χ2n) is 3.11. The van der Waals surface area contributed by atoms with Crippen LogP contribution in [0.3, 0.4) is 0 Å². The number of hydrogen-bond acceptors (Lipinski definition) is 3. The zero-order chi connectivity index (χ0) is 10.7. The van der Waals surface area contributed by atoms with Crippen LogP contribution in [0.25, 0.3) is 0 Å². The Morgan fingerprint density at radius 1 is 1.50 bits per heavy atom. The molecule has 0 spiro atoms. The molecule has 0 aliphatic carbocycles. The number of carbonyl (C=O) groups is 1. The number of nitrogens with two attached hydrogens (primary N) is 1. The van der Waals surface area contributed by atoms with Crippen LogP contribution in [-0.4, -0.2) is 16.1 Å².